The van der Waals surface area contributed by atoms with Crippen LogP contribution in [0.2, 0.25) is 0 Å². The van der Waals surface area contributed by atoms with E-state index in [4.69, 9.17) is 4.52 Å². The molecule has 0 unspecified atom stereocenters. The first-order valence-electron chi connectivity index (χ1n) is 8.70. The molecule has 1 amide bonds. The smallest absolute Gasteiger partial charge is 0.236 e. The lowest BCUT2D eigenvalue weighted by Gasteiger charge is -2.21. The van der Waals surface area contributed by atoms with E-state index < -0.39 is 0 Å². The van der Waals surface area contributed by atoms with Crippen LogP contribution >= 0.6 is 0 Å². The average Bonchev–Trinajstić information content (AvgIpc) is 3.13. The number of hydrogen-bond acceptors (Lipinski definition) is 4. The van der Waals surface area contributed by atoms with Gasteiger partial charge in [-0.25, -0.2) is 4.39 Å². The average molecular weight is 367 g/mol. The van der Waals surface area contributed by atoms with Crippen LogP contribution in [0.5, 0.6) is 0 Å². The van der Waals surface area contributed by atoms with Crippen LogP contribution in [0.25, 0.3) is 11.3 Å². The number of carbonyl (C=O) groups is 1. The largest absolute Gasteiger partial charge is 0.356 e. The summed E-state index contributed by atoms with van der Waals surface area (Å²) in [5.41, 5.74) is 2.19. The zero-order chi connectivity index (χ0) is 19.2. The predicted octanol–water partition coefficient (Wildman–Crippen LogP) is 3.57. The van der Waals surface area contributed by atoms with E-state index in [1.165, 1.54) is 6.07 Å². The van der Waals surface area contributed by atoms with Gasteiger partial charge in [-0.2, -0.15) is 0 Å². The van der Waals surface area contributed by atoms with Gasteiger partial charge in [0, 0.05) is 30.8 Å². The van der Waals surface area contributed by atoms with Crippen molar-refractivity contribution in [2.75, 3.05) is 20.6 Å². The maximum Gasteiger partial charge on any atom is 0.236 e. The van der Waals surface area contributed by atoms with Crippen LogP contribution in [0.1, 0.15) is 11.3 Å². The third kappa shape index (κ3) is 5.01. The molecule has 0 aliphatic carbocycles. The summed E-state index contributed by atoms with van der Waals surface area (Å²) in [4.78, 5) is 15.8. The van der Waals surface area contributed by atoms with Crippen molar-refractivity contribution in [1.82, 2.24) is 15.0 Å². The summed E-state index contributed by atoms with van der Waals surface area (Å²) in [7, 11) is 3.51. The highest BCUT2D eigenvalue weighted by molar-refractivity contribution is 5.78. The quantitative estimate of drug-likeness (QED) is 0.641. The van der Waals surface area contributed by atoms with E-state index in [-0.39, 0.29) is 18.3 Å². The number of rotatable bonds is 7. The third-order valence-electron chi connectivity index (χ3n) is 4.25. The predicted molar refractivity (Wildman–Crippen MR) is 101 cm³/mol. The summed E-state index contributed by atoms with van der Waals surface area (Å²) >= 11 is 0. The molecule has 0 aliphatic rings. The number of hydrogen-bond donors (Lipinski definition) is 0. The van der Waals surface area contributed by atoms with Gasteiger partial charge in [-0.05, 0) is 13.1 Å². The van der Waals surface area contributed by atoms with Gasteiger partial charge in [-0.1, -0.05) is 53.7 Å². The van der Waals surface area contributed by atoms with Crippen molar-refractivity contribution in [1.29, 1.82) is 0 Å². The number of likely N-dealkylation sites (N-methyl/N-ethyl adjacent to an activating group) is 2. The molecule has 5 nitrogen and oxygen atoms in total. The Morgan fingerprint density at radius 3 is 2.48 bits per heavy atom. The summed E-state index contributed by atoms with van der Waals surface area (Å²) in [6, 6.07) is 18.1. The minimum atomic E-state index is -0.263. The van der Waals surface area contributed by atoms with Crippen molar-refractivity contribution < 1.29 is 13.7 Å². The first-order valence-corrected chi connectivity index (χ1v) is 8.70. The van der Waals surface area contributed by atoms with Crippen LogP contribution in [0.3, 0.4) is 0 Å². The molecule has 0 spiro atoms. The fourth-order valence-corrected chi connectivity index (χ4v) is 2.78. The van der Waals surface area contributed by atoms with Crippen molar-refractivity contribution >= 4 is 5.91 Å². The molecule has 0 saturated carbocycles. The zero-order valence-electron chi connectivity index (χ0n) is 15.4. The van der Waals surface area contributed by atoms with E-state index in [0.29, 0.717) is 30.1 Å². The number of aromatic nitrogens is 1. The molecule has 0 N–H and O–H groups in total. The van der Waals surface area contributed by atoms with Crippen LogP contribution in [0, 0.1) is 5.82 Å². The van der Waals surface area contributed by atoms with Crippen molar-refractivity contribution in [2.45, 2.75) is 13.1 Å². The molecule has 0 saturated heterocycles. The summed E-state index contributed by atoms with van der Waals surface area (Å²) < 4.78 is 19.1. The van der Waals surface area contributed by atoms with E-state index in [9.17, 15) is 9.18 Å². The molecule has 3 aromatic rings. The molecule has 0 fully saturated rings. The second kappa shape index (κ2) is 8.60. The molecule has 0 radical (unpaired) electrons. The van der Waals surface area contributed by atoms with Gasteiger partial charge in [0.15, 0.2) is 5.76 Å². The lowest BCUT2D eigenvalue weighted by atomic mass is 10.1. The van der Waals surface area contributed by atoms with Crippen LogP contribution < -0.4 is 0 Å². The number of carbonyl (C=O) groups excluding carboxylic acids is 1. The SMILES string of the molecule is CN(CC(=O)N(C)Cc1cc(-c2ccccc2)on1)Cc1ccccc1F. The van der Waals surface area contributed by atoms with E-state index in [2.05, 4.69) is 5.16 Å². The molecule has 1 aromatic heterocycles. The maximum atomic E-state index is 13.7. The molecular weight excluding hydrogens is 345 g/mol. The van der Waals surface area contributed by atoms with Gasteiger partial charge >= 0.3 is 0 Å². The van der Waals surface area contributed by atoms with Crippen molar-refractivity contribution in [2.24, 2.45) is 0 Å². The first-order chi connectivity index (χ1) is 13.0. The Labute approximate surface area is 158 Å². The molecule has 1 heterocycles. The summed E-state index contributed by atoms with van der Waals surface area (Å²) in [6.07, 6.45) is 0. The van der Waals surface area contributed by atoms with Gasteiger partial charge in [0.2, 0.25) is 5.91 Å². The minimum absolute atomic E-state index is 0.0712. The Hall–Kier alpha value is -2.99. The fourth-order valence-electron chi connectivity index (χ4n) is 2.78. The number of nitrogens with zero attached hydrogens (tertiary/aromatic N) is 3. The summed E-state index contributed by atoms with van der Waals surface area (Å²) in [5, 5.41) is 4.04. The number of benzene rings is 2. The van der Waals surface area contributed by atoms with Crippen molar-refractivity contribution in [3.05, 3.63) is 77.7 Å². The van der Waals surface area contributed by atoms with Gasteiger partial charge in [-0.15, -0.1) is 0 Å². The van der Waals surface area contributed by atoms with E-state index in [1.807, 2.05) is 36.4 Å². The summed E-state index contributed by atoms with van der Waals surface area (Å²) in [5.74, 6) is 0.336. The zero-order valence-corrected chi connectivity index (χ0v) is 15.4. The molecule has 0 atom stereocenters. The van der Waals surface area contributed by atoms with Gasteiger partial charge in [-0.3, -0.25) is 9.69 Å². The molecule has 6 heteroatoms. The van der Waals surface area contributed by atoms with E-state index in [0.717, 1.165) is 5.56 Å². The monoisotopic (exact) mass is 367 g/mol. The standard InChI is InChI=1S/C21H22FN3O2/c1-24(13-17-10-6-7-11-19(17)22)15-21(26)25(2)14-18-12-20(27-23-18)16-8-4-3-5-9-16/h3-12H,13-15H2,1-2H3. The van der Waals surface area contributed by atoms with E-state index in [1.54, 1.807) is 42.1 Å². The molecule has 140 valence electrons. The van der Waals surface area contributed by atoms with Gasteiger partial charge in [0.05, 0.1) is 13.1 Å². The molecule has 27 heavy (non-hydrogen) atoms. The highest BCUT2D eigenvalue weighted by Crippen LogP contribution is 2.20. The Morgan fingerprint density at radius 1 is 1.04 bits per heavy atom. The topological polar surface area (TPSA) is 49.6 Å². The normalized spacial score (nSPS) is 11.0. The van der Waals surface area contributed by atoms with Crippen LogP contribution in [-0.4, -0.2) is 41.5 Å². The lowest BCUT2D eigenvalue weighted by molar-refractivity contribution is -0.131. The van der Waals surface area contributed by atoms with Gasteiger partial charge < -0.3 is 9.42 Å². The van der Waals surface area contributed by atoms with Gasteiger partial charge in [0.1, 0.15) is 11.5 Å². The second-order valence-corrected chi connectivity index (χ2v) is 6.56. The molecule has 0 aliphatic heterocycles. The fraction of sp³-hybridized carbons (Fsp3) is 0.238. The Kier molecular flexibility index (Phi) is 5.98. The van der Waals surface area contributed by atoms with Crippen molar-refractivity contribution in [3.63, 3.8) is 0 Å². The minimum Gasteiger partial charge on any atom is -0.356 e. The Morgan fingerprint density at radius 2 is 1.74 bits per heavy atom. The molecule has 3 rings (SSSR count). The number of amides is 1. The first kappa shape index (κ1) is 18.8. The molecule has 0 bridgehead atoms. The lowest BCUT2D eigenvalue weighted by Crippen LogP contribution is -2.36. The Bertz CT molecular complexity index is 895. The number of halogens is 1. The third-order valence-corrected chi connectivity index (χ3v) is 4.25. The van der Waals surface area contributed by atoms with E-state index >= 15 is 0 Å². The highest BCUT2D eigenvalue weighted by atomic mass is 19.1. The molecular formula is C21H22FN3O2. The van der Waals surface area contributed by atoms with Crippen LogP contribution in [0.15, 0.2) is 65.2 Å². The Balaban J connectivity index is 1.55. The van der Waals surface area contributed by atoms with Crippen LogP contribution in [-0.2, 0) is 17.9 Å². The second-order valence-electron chi connectivity index (χ2n) is 6.56. The van der Waals surface area contributed by atoms with Crippen LogP contribution in [0.4, 0.5) is 4.39 Å². The maximum absolute atomic E-state index is 13.7. The summed E-state index contributed by atoms with van der Waals surface area (Å²) in [6.45, 7) is 0.908. The van der Waals surface area contributed by atoms with Crippen molar-refractivity contribution in [3.8, 4) is 11.3 Å². The van der Waals surface area contributed by atoms with Gasteiger partial charge in [0.25, 0.3) is 0 Å². The highest BCUT2D eigenvalue weighted by Gasteiger charge is 2.15. The molecule has 2 aromatic carbocycles.